The standard InChI is InChI=1S/C32H27FN2O5/c1-38-24-13-8-21(9-14-24)30-29(31(36)34-23-12-15-27-28(18-23)40-17-16-39-27)25-4-2-3-5-26(25)32(37)35(30)19-20-6-10-22(33)11-7-20/h2-15,18,29-30H,16-17,19H2,1H3,(H,34,36)/t29-,30-/m1/s1. The lowest BCUT2D eigenvalue weighted by Gasteiger charge is -2.42. The molecular formula is C32H27FN2O5. The minimum absolute atomic E-state index is 0.192. The maximum atomic E-state index is 14.2. The predicted octanol–water partition coefficient (Wildman–Crippen LogP) is 5.73. The number of hydrogen-bond acceptors (Lipinski definition) is 5. The van der Waals surface area contributed by atoms with Crippen LogP contribution in [0.15, 0.2) is 91.0 Å². The van der Waals surface area contributed by atoms with Gasteiger partial charge in [0.2, 0.25) is 5.91 Å². The minimum atomic E-state index is -0.740. The van der Waals surface area contributed by atoms with Gasteiger partial charge in [0.15, 0.2) is 11.5 Å². The molecule has 4 aromatic carbocycles. The number of nitrogens with one attached hydrogen (secondary N) is 1. The van der Waals surface area contributed by atoms with Gasteiger partial charge in [-0.15, -0.1) is 0 Å². The molecule has 4 aromatic rings. The van der Waals surface area contributed by atoms with Gasteiger partial charge in [-0.05, 0) is 59.2 Å². The molecule has 0 aromatic heterocycles. The summed E-state index contributed by atoms with van der Waals surface area (Å²) in [6, 6.07) is 25.2. The highest BCUT2D eigenvalue weighted by atomic mass is 19.1. The summed E-state index contributed by atoms with van der Waals surface area (Å²) in [5.74, 6) is 0.269. The SMILES string of the molecule is COc1ccc([C@@H]2[C@H](C(=O)Nc3ccc4c(c3)OCCO4)c3ccccc3C(=O)N2Cc2ccc(F)cc2)cc1. The van der Waals surface area contributed by atoms with Gasteiger partial charge in [-0.2, -0.15) is 0 Å². The second-order valence-corrected chi connectivity index (χ2v) is 9.69. The first-order valence-corrected chi connectivity index (χ1v) is 13.0. The van der Waals surface area contributed by atoms with Gasteiger partial charge in [-0.1, -0.05) is 42.5 Å². The molecular weight excluding hydrogens is 511 g/mol. The van der Waals surface area contributed by atoms with Crippen LogP contribution in [0.5, 0.6) is 17.2 Å². The third-order valence-corrected chi connectivity index (χ3v) is 7.25. The average Bonchev–Trinajstić information content (AvgIpc) is 2.99. The molecule has 0 saturated carbocycles. The fourth-order valence-corrected chi connectivity index (χ4v) is 5.35. The van der Waals surface area contributed by atoms with Gasteiger partial charge < -0.3 is 24.4 Å². The van der Waals surface area contributed by atoms with Crippen molar-refractivity contribution in [2.45, 2.75) is 18.5 Å². The second kappa shape index (κ2) is 10.7. The number of benzene rings is 4. The van der Waals surface area contributed by atoms with E-state index in [1.807, 2.05) is 36.4 Å². The number of amides is 2. The molecule has 0 radical (unpaired) electrons. The molecule has 0 bridgehead atoms. The lowest BCUT2D eigenvalue weighted by Crippen LogP contribution is -2.45. The normalized spacial score (nSPS) is 17.6. The van der Waals surface area contributed by atoms with Gasteiger partial charge >= 0.3 is 0 Å². The summed E-state index contributed by atoms with van der Waals surface area (Å²) in [5.41, 5.74) is 3.17. The number of rotatable bonds is 6. The van der Waals surface area contributed by atoms with Gasteiger partial charge in [-0.25, -0.2) is 4.39 Å². The Hall–Kier alpha value is -4.85. The highest BCUT2D eigenvalue weighted by Crippen LogP contribution is 2.44. The van der Waals surface area contributed by atoms with Crippen LogP contribution in [0, 0.1) is 5.82 Å². The van der Waals surface area contributed by atoms with Crippen molar-refractivity contribution in [1.82, 2.24) is 4.90 Å². The molecule has 6 rings (SSSR count). The van der Waals surface area contributed by atoms with E-state index in [1.165, 1.54) is 12.1 Å². The second-order valence-electron chi connectivity index (χ2n) is 9.69. The van der Waals surface area contributed by atoms with Crippen LogP contribution < -0.4 is 19.5 Å². The van der Waals surface area contributed by atoms with Crippen LogP contribution in [0.2, 0.25) is 0 Å². The number of nitrogens with zero attached hydrogens (tertiary/aromatic N) is 1. The Labute approximate surface area is 231 Å². The Morgan fingerprint density at radius 2 is 1.68 bits per heavy atom. The molecule has 0 aliphatic carbocycles. The van der Waals surface area contributed by atoms with E-state index in [9.17, 15) is 14.0 Å². The largest absolute Gasteiger partial charge is 0.497 e. The number of anilines is 1. The number of fused-ring (bicyclic) bond motifs is 2. The Bertz CT molecular complexity index is 1550. The monoisotopic (exact) mass is 538 g/mol. The molecule has 2 atom stereocenters. The van der Waals surface area contributed by atoms with Crippen LogP contribution in [0.3, 0.4) is 0 Å². The quantitative estimate of drug-likeness (QED) is 0.340. The van der Waals surface area contributed by atoms with E-state index in [-0.39, 0.29) is 24.2 Å². The Balaban J connectivity index is 1.43. The first-order valence-electron chi connectivity index (χ1n) is 13.0. The summed E-state index contributed by atoms with van der Waals surface area (Å²) in [6.45, 7) is 1.09. The lowest BCUT2D eigenvalue weighted by molar-refractivity contribution is -0.119. The van der Waals surface area contributed by atoms with Gasteiger partial charge in [-0.3, -0.25) is 9.59 Å². The predicted molar refractivity (Wildman–Crippen MR) is 147 cm³/mol. The van der Waals surface area contributed by atoms with Crippen LogP contribution in [0.25, 0.3) is 0 Å². The van der Waals surface area contributed by atoms with E-state index >= 15 is 0 Å². The van der Waals surface area contributed by atoms with Gasteiger partial charge in [0.25, 0.3) is 5.91 Å². The van der Waals surface area contributed by atoms with Gasteiger partial charge in [0.05, 0.1) is 19.1 Å². The highest BCUT2D eigenvalue weighted by Gasteiger charge is 2.44. The molecule has 0 spiro atoms. The van der Waals surface area contributed by atoms with E-state index in [0.29, 0.717) is 47.3 Å². The zero-order valence-electron chi connectivity index (χ0n) is 21.8. The van der Waals surface area contributed by atoms with Gasteiger partial charge in [0.1, 0.15) is 24.8 Å². The van der Waals surface area contributed by atoms with E-state index in [0.717, 1.165) is 11.1 Å². The Kier molecular flexibility index (Phi) is 6.82. The van der Waals surface area contributed by atoms with Crippen LogP contribution >= 0.6 is 0 Å². The van der Waals surface area contributed by atoms with Crippen molar-refractivity contribution in [3.63, 3.8) is 0 Å². The Morgan fingerprint density at radius 1 is 0.950 bits per heavy atom. The maximum Gasteiger partial charge on any atom is 0.255 e. The summed E-state index contributed by atoms with van der Waals surface area (Å²) < 4.78 is 30.3. The molecule has 0 unspecified atom stereocenters. The van der Waals surface area contributed by atoms with Crippen LogP contribution in [0.4, 0.5) is 10.1 Å². The maximum absolute atomic E-state index is 14.2. The summed E-state index contributed by atoms with van der Waals surface area (Å²) in [4.78, 5) is 29.8. The molecule has 7 nitrogen and oxygen atoms in total. The van der Waals surface area contributed by atoms with E-state index < -0.39 is 12.0 Å². The zero-order chi connectivity index (χ0) is 27.6. The zero-order valence-corrected chi connectivity index (χ0v) is 21.8. The summed E-state index contributed by atoms with van der Waals surface area (Å²) in [5, 5.41) is 3.04. The Morgan fingerprint density at radius 3 is 2.42 bits per heavy atom. The van der Waals surface area contributed by atoms with E-state index in [1.54, 1.807) is 54.5 Å². The fraction of sp³-hybridized carbons (Fsp3) is 0.188. The van der Waals surface area contributed by atoms with Crippen LogP contribution in [-0.4, -0.2) is 37.0 Å². The fourth-order valence-electron chi connectivity index (χ4n) is 5.35. The molecule has 2 aliphatic rings. The van der Waals surface area contributed by atoms with Crippen molar-refractivity contribution in [2.75, 3.05) is 25.6 Å². The van der Waals surface area contributed by atoms with Crippen molar-refractivity contribution in [2.24, 2.45) is 0 Å². The summed E-state index contributed by atoms with van der Waals surface area (Å²) in [7, 11) is 1.58. The highest BCUT2D eigenvalue weighted by molar-refractivity contribution is 6.04. The van der Waals surface area contributed by atoms with E-state index in [4.69, 9.17) is 14.2 Å². The number of ether oxygens (including phenoxy) is 3. The molecule has 2 amide bonds. The smallest absolute Gasteiger partial charge is 0.255 e. The van der Waals surface area contributed by atoms with Crippen molar-refractivity contribution < 1.29 is 28.2 Å². The molecule has 8 heteroatoms. The van der Waals surface area contributed by atoms with Crippen LogP contribution in [0.1, 0.15) is 39.0 Å². The van der Waals surface area contributed by atoms with Crippen molar-refractivity contribution in [1.29, 1.82) is 0 Å². The lowest BCUT2D eigenvalue weighted by atomic mass is 9.79. The third-order valence-electron chi connectivity index (χ3n) is 7.25. The van der Waals surface area contributed by atoms with Crippen molar-refractivity contribution >= 4 is 17.5 Å². The minimum Gasteiger partial charge on any atom is -0.497 e. The van der Waals surface area contributed by atoms with Crippen LogP contribution in [-0.2, 0) is 11.3 Å². The third kappa shape index (κ3) is 4.84. The molecule has 2 aliphatic heterocycles. The first-order chi connectivity index (χ1) is 19.5. The number of carbonyl (C=O) groups excluding carboxylic acids is 2. The molecule has 2 heterocycles. The summed E-state index contributed by atoms with van der Waals surface area (Å²) >= 11 is 0. The van der Waals surface area contributed by atoms with E-state index in [2.05, 4.69) is 5.32 Å². The first kappa shape index (κ1) is 25.4. The van der Waals surface area contributed by atoms with Crippen molar-refractivity contribution in [3.8, 4) is 17.2 Å². The summed E-state index contributed by atoms with van der Waals surface area (Å²) in [6.07, 6.45) is 0. The number of hydrogen-bond donors (Lipinski definition) is 1. The molecule has 1 N–H and O–H groups in total. The molecule has 0 saturated heterocycles. The molecule has 202 valence electrons. The van der Waals surface area contributed by atoms with Gasteiger partial charge in [0, 0.05) is 23.9 Å². The molecule has 40 heavy (non-hydrogen) atoms. The number of halogens is 1. The molecule has 0 fully saturated rings. The van der Waals surface area contributed by atoms with Crippen molar-refractivity contribution in [3.05, 3.63) is 119 Å². The number of carbonyl (C=O) groups is 2. The average molecular weight is 539 g/mol. The topological polar surface area (TPSA) is 77.1 Å². The number of methoxy groups -OCH3 is 1.